The van der Waals surface area contributed by atoms with E-state index >= 15 is 0 Å². The van der Waals surface area contributed by atoms with Gasteiger partial charge < -0.3 is 15.4 Å². The Bertz CT molecular complexity index is 599. The highest BCUT2D eigenvalue weighted by Crippen LogP contribution is 2.12. The van der Waals surface area contributed by atoms with Crippen LogP contribution in [0.15, 0.2) is 48.7 Å². The third-order valence-corrected chi connectivity index (χ3v) is 3.40. The Labute approximate surface area is 137 Å². The summed E-state index contributed by atoms with van der Waals surface area (Å²) >= 11 is 0. The largest absolute Gasteiger partial charge is 0.493 e. The fraction of sp³-hybridized carbons (Fsp3) is 0.333. The smallest absolute Gasteiger partial charge is 0.228 e. The van der Waals surface area contributed by atoms with Crippen LogP contribution in [0.4, 0.5) is 11.5 Å². The van der Waals surface area contributed by atoms with Crippen molar-refractivity contribution in [1.29, 1.82) is 0 Å². The van der Waals surface area contributed by atoms with E-state index in [1.165, 1.54) is 0 Å². The molecule has 1 aromatic carbocycles. The van der Waals surface area contributed by atoms with Crippen molar-refractivity contribution in [3.63, 3.8) is 0 Å². The lowest BCUT2D eigenvalue weighted by Crippen LogP contribution is -2.16. The van der Waals surface area contributed by atoms with Gasteiger partial charge in [-0.3, -0.25) is 4.79 Å². The molecule has 1 aromatic heterocycles. The second-order valence-electron chi connectivity index (χ2n) is 5.35. The van der Waals surface area contributed by atoms with E-state index in [0.29, 0.717) is 18.5 Å². The van der Waals surface area contributed by atoms with Crippen LogP contribution in [0.1, 0.15) is 26.7 Å². The molecule has 0 aliphatic rings. The normalized spacial score (nSPS) is 11.6. The quantitative estimate of drug-likeness (QED) is 0.780. The maximum atomic E-state index is 11.9. The number of pyridine rings is 1. The molecule has 0 saturated carbocycles. The third-order valence-electron chi connectivity index (χ3n) is 3.40. The molecule has 2 rings (SSSR count). The standard InChI is InChI=1S/C18H23N3O2/c1-3-14(2)20-15-9-10-17(19-13-15)21-18(22)11-12-23-16-7-5-4-6-8-16/h4-10,13-14,20H,3,11-12H2,1-2H3,(H,19,21,22). The van der Waals surface area contributed by atoms with Gasteiger partial charge in [-0.1, -0.05) is 25.1 Å². The van der Waals surface area contributed by atoms with E-state index in [9.17, 15) is 4.79 Å². The van der Waals surface area contributed by atoms with Crippen molar-refractivity contribution in [2.45, 2.75) is 32.7 Å². The Morgan fingerprint density at radius 2 is 2.00 bits per heavy atom. The Hall–Kier alpha value is -2.56. The fourth-order valence-electron chi connectivity index (χ4n) is 1.92. The fourth-order valence-corrected chi connectivity index (χ4v) is 1.92. The van der Waals surface area contributed by atoms with E-state index in [4.69, 9.17) is 4.74 Å². The highest BCUT2D eigenvalue weighted by atomic mass is 16.5. The molecule has 2 aromatic rings. The number of carbonyl (C=O) groups excluding carboxylic acids is 1. The number of anilines is 2. The lowest BCUT2D eigenvalue weighted by atomic mass is 10.2. The zero-order chi connectivity index (χ0) is 16.5. The summed E-state index contributed by atoms with van der Waals surface area (Å²) in [5, 5.41) is 6.09. The molecule has 5 heteroatoms. The van der Waals surface area contributed by atoms with Gasteiger partial charge in [0.25, 0.3) is 0 Å². The molecule has 0 radical (unpaired) electrons. The minimum absolute atomic E-state index is 0.115. The Morgan fingerprint density at radius 3 is 2.65 bits per heavy atom. The maximum Gasteiger partial charge on any atom is 0.228 e. The van der Waals surface area contributed by atoms with E-state index in [0.717, 1.165) is 17.9 Å². The van der Waals surface area contributed by atoms with Crippen LogP contribution in [0.2, 0.25) is 0 Å². The Balaban J connectivity index is 1.74. The summed E-state index contributed by atoms with van der Waals surface area (Å²) in [6, 6.07) is 13.5. The van der Waals surface area contributed by atoms with Crippen LogP contribution in [0.25, 0.3) is 0 Å². The molecule has 23 heavy (non-hydrogen) atoms. The number of amides is 1. The van der Waals surface area contributed by atoms with Crippen LogP contribution in [-0.4, -0.2) is 23.5 Å². The van der Waals surface area contributed by atoms with Crippen LogP contribution in [0.3, 0.4) is 0 Å². The molecule has 0 spiro atoms. The van der Waals surface area contributed by atoms with Gasteiger partial charge >= 0.3 is 0 Å². The van der Waals surface area contributed by atoms with E-state index < -0.39 is 0 Å². The monoisotopic (exact) mass is 313 g/mol. The number of ether oxygens (including phenoxy) is 1. The Morgan fingerprint density at radius 1 is 1.22 bits per heavy atom. The van der Waals surface area contributed by atoms with Gasteiger partial charge in [-0.15, -0.1) is 0 Å². The molecule has 122 valence electrons. The second kappa shape index (κ2) is 8.78. The first-order valence-electron chi connectivity index (χ1n) is 7.87. The number of nitrogens with one attached hydrogen (secondary N) is 2. The average Bonchev–Trinajstić information content (AvgIpc) is 2.57. The highest BCUT2D eigenvalue weighted by Gasteiger charge is 2.05. The summed E-state index contributed by atoms with van der Waals surface area (Å²) in [5.41, 5.74) is 0.949. The summed E-state index contributed by atoms with van der Waals surface area (Å²) in [7, 11) is 0. The maximum absolute atomic E-state index is 11.9. The van der Waals surface area contributed by atoms with Crippen molar-refractivity contribution in [2.75, 3.05) is 17.2 Å². The molecule has 0 fully saturated rings. The van der Waals surface area contributed by atoms with Gasteiger partial charge in [0.15, 0.2) is 0 Å². The first kappa shape index (κ1) is 16.8. The van der Waals surface area contributed by atoms with Gasteiger partial charge in [0.05, 0.1) is 24.9 Å². The third kappa shape index (κ3) is 5.98. The van der Waals surface area contributed by atoms with Gasteiger partial charge in [-0.05, 0) is 37.6 Å². The molecule has 2 N–H and O–H groups in total. The lowest BCUT2D eigenvalue weighted by Gasteiger charge is -2.13. The Kier molecular flexibility index (Phi) is 6.41. The first-order chi connectivity index (χ1) is 11.2. The van der Waals surface area contributed by atoms with Crippen molar-refractivity contribution in [3.8, 4) is 5.75 Å². The number of nitrogens with zero attached hydrogens (tertiary/aromatic N) is 1. The molecular weight excluding hydrogens is 290 g/mol. The second-order valence-corrected chi connectivity index (χ2v) is 5.35. The van der Waals surface area contributed by atoms with Crippen LogP contribution in [0, 0.1) is 0 Å². The zero-order valence-corrected chi connectivity index (χ0v) is 13.6. The number of benzene rings is 1. The van der Waals surface area contributed by atoms with E-state index in [2.05, 4.69) is 29.5 Å². The highest BCUT2D eigenvalue weighted by molar-refractivity contribution is 5.89. The van der Waals surface area contributed by atoms with Gasteiger partial charge in [0.1, 0.15) is 11.6 Å². The van der Waals surface area contributed by atoms with Gasteiger partial charge in [0.2, 0.25) is 5.91 Å². The van der Waals surface area contributed by atoms with Crippen molar-refractivity contribution < 1.29 is 9.53 Å². The van der Waals surface area contributed by atoms with Crippen molar-refractivity contribution in [3.05, 3.63) is 48.7 Å². The van der Waals surface area contributed by atoms with Crippen LogP contribution < -0.4 is 15.4 Å². The van der Waals surface area contributed by atoms with E-state index in [1.54, 1.807) is 12.3 Å². The SMILES string of the molecule is CCC(C)Nc1ccc(NC(=O)CCOc2ccccc2)nc1. The minimum atomic E-state index is -0.115. The van der Waals surface area contributed by atoms with E-state index in [-0.39, 0.29) is 12.3 Å². The molecule has 0 aliphatic heterocycles. The molecule has 1 unspecified atom stereocenters. The first-order valence-corrected chi connectivity index (χ1v) is 7.87. The van der Waals surface area contributed by atoms with Crippen molar-refractivity contribution in [2.24, 2.45) is 0 Å². The van der Waals surface area contributed by atoms with Crippen LogP contribution in [0.5, 0.6) is 5.75 Å². The molecule has 0 saturated heterocycles. The number of hydrogen-bond acceptors (Lipinski definition) is 4. The summed E-state index contributed by atoms with van der Waals surface area (Å²) in [6.45, 7) is 4.57. The van der Waals surface area contributed by atoms with Crippen molar-refractivity contribution in [1.82, 2.24) is 4.98 Å². The topological polar surface area (TPSA) is 63.2 Å². The predicted octanol–water partition coefficient (Wildman–Crippen LogP) is 3.70. The molecule has 1 amide bonds. The summed E-state index contributed by atoms with van der Waals surface area (Å²) in [6.07, 6.45) is 3.05. The van der Waals surface area contributed by atoms with Crippen LogP contribution >= 0.6 is 0 Å². The zero-order valence-electron chi connectivity index (χ0n) is 13.6. The minimum Gasteiger partial charge on any atom is -0.493 e. The predicted molar refractivity (Wildman–Crippen MR) is 92.8 cm³/mol. The molecule has 1 atom stereocenters. The average molecular weight is 313 g/mol. The number of carbonyl (C=O) groups is 1. The van der Waals surface area contributed by atoms with Gasteiger partial charge in [-0.2, -0.15) is 0 Å². The number of aromatic nitrogens is 1. The molecular formula is C18H23N3O2. The number of rotatable bonds is 8. The molecule has 5 nitrogen and oxygen atoms in total. The van der Waals surface area contributed by atoms with E-state index in [1.807, 2.05) is 36.4 Å². The summed E-state index contributed by atoms with van der Waals surface area (Å²) in [5.74, 6) is 1.19. The van der Waals surface area contributed by atoms with Gasteiger partial charge in [0, 0.05) is 6.04 Å². The molecule has 0 aliphatic carbocycles. The summed E-state index contributed by atoms with van der Waals surface area (Å²) < 4.78 is 5.50. The van der Waals surface area contributed by atoms with Crippen molar-refractivity contribution >= 4 is 17.4 Å². The number of hydrogen-bond donors (Lipinski definition) is 2. The van der Waals surface area contributed by atoms with Gasteiger partial charge in [-0.25, -0.2) is 4.98 Å². The summed E-state index contributed by atoms with van der Waals surface area (Å²) in [4.78, 5) is 16.1. The number of para-hydroxylation sites is 1. The van der Waals surface area contributed by atoms with Crippen LogP contribution in [-0.2, 0) is 4.79 Å². The molecule has 1 heterocycles. The lowest BCUT2D eigenvalue weighted by molar-refractivity contribution is -0.116. The molecule has 0 bridgehead atoms.